The number of rotatable bonds is 0. The van der Waals surface area contributed by atoms with Crippen LogP contribution in [0.15, 0.2) is 0 Å². The van der Waals surface area contributed by atoms with Gasteiger partial charge in [-0.3, -0.25) is 0 Å². The summed E-state index contributed by atoms with van der Waals surface area (Å²) < 4.78 is 50.3. The van der Waals surface area contributed by atoms with Crippen molar-refractivity contribution in [3.05, 3.63) is 0 Å². The van der Waals surface area contributed by atoms with Crippen molar-refractivity contribution in [2.75, 3.05) is 18.1 Å². The van der Waals surface area contributed by atoms with Crippen LogP contribution in [0.4, 0.5) is 4.79 Å². The molecule has 0 unspecified atom stereocenters. The van der Waals surface area contributed by atoms with Gasteiger partial charge in [-0.25, -0.2) is 21.6 Å². The van der Waals surface area contributed by atoms with Crippen molar-refractivity contribution in [1.29, 1.82) is 0 Å². The van der Waals surface area contributed by atoms with Crippen molar-refractivity contribution in [3.63, 3.8) is 0 Å². The van der Waals surface area contributed by atoms with Crippen molar-refractivity contribution in [2.45, 2.75) is 68.6 Å². The van der Waals surface area contributed by atoms with Gasteiger partial charge in [0.15, 0.2) is 19.7 Å². The number of sulfone groups is 2. The second kappa shape index (κ2) is 7.13. The van der Waals surface area contributed by atoms with Crippen molar-refractivity contribution in [1.82, 2.24) is 4.90 Å². The first-order chi connectivity index (χ1) is 11.4. The third-order valence-electron chi connectivity index (χ3n) is 5.41. The molecule has 4 atom stereocenters. The molecule has 1 amide bonds. The van der Waals surface area contributed by atoms with Crippen LogP contribution in [0.1, 0.15) is 46.5 Å². The van der Waals surface area contributed by atoms with Crippen LogP contribution in [0, 0.1) is 5.92 Å². The molecule has 10 heteroatoms. The van der Waals surface area contributed by atoms with Crippen LogP contribution in [-0.2, 0) is 24.4 Å². The molecule has 26 heavy (non-hydrogen) atoms. The van der Waals surface area contributed by atoms with Crippen molar-refractivity contribution in [2.24, 2.45) is 5.92 Å². The van der Waals surface area contributed by atoms with Crippen molar-refractivity contribution >= 4 is 38.2 Å². The normalized spacial score (nSPS) is 35.4. The number of carbonyl (C=O) groups is 1. The lowest BCUT2D eigenvalue weighted by Gasteiger charge is -2.29. The number of carbonyl (C=O) groups excluding carboxylic acids is 1. The van der Waals surface area contributed by atoms with E-state index in [1.165, 1.54) is 0 Å². The summed E-state index contributed by atoms with van der Waals surface area (Å²) in [6.07, 6.45) is 3.23. The third-order valence-corrected chi connectivity index (χ3v) is 9.99. The Morgan fingerprint density at radius 2 is 1.58 bits per heavy atom. The van der Waals surface area contributed by atoms with Gasteiger partial charge in [-0.05, 0) is 52.4 Å². The predicted octanol–water partition coefficient (Wildman–Crippen LogP) is 1.80. The van der Waals surface area contributed by atoms with Gasteiger partial charge in [0.05, 0.1) is 28.0 Å². The number of likely N-dealkylation sites (tertiary alicyclic amines) is 1. The number of amides is 1. The molecule has 0 aromatic carbocycles. The van der Waals surface area contributed by atoms with Crippen molar-refractivity contribution in [3.8, 4) is 0 Å². The van der Waals surface area contributed by atoms with Crippen LogP contribution in [0.2, 0.25) is 0 Å². The second-order valence-corrected chi connectivity index (χ2v) is 13.3. The lowest BCUT2D eigenvalue weighted by molar-refractivity contribution is 0.0237. The minimum absolute atomic E-state index is 0. The molecule has 0 radical (unpaired) electrons. The highest BCUT2D eigenvalue weighted by atomic mass is 35.5. The molecular formula is C16H28ClNO6S2. The zero-order valence-electron chi connectivity index (χ0n) is 15.4. The summed E-state index contributed by atoms with van der Waals surface area (Å²) in [5.41, 5.74) is -0.530. The van der Waals surface area contributed by atoms with Crippen molar-refractivity contribution < 1.29 is 26.4 Å². The lowest BCUT2D eigenvalue weighted by Crippen LogP contribution is -2.46. The SMILES string of the molecule is CC(C)(C)OC(=O)N1C[C@@H]2C[C@H]1CS2(=O)=O.Cl.O=S1(=O)C[C@H]2CC[C@@H]1C2. The summed E-state index contributed by atoms with van der Waals surface area (Å²) in [5.74, 6) is 1.11. The molecule has 0 aromatic heterocycles. The van der Waals surface area contributed by atoms with Gasteiger partial charge in [0.1, 0.15) is 5.60 Å². The van der Waals surface area contributed by atoms with Crippen LogP contribution in [0.3, 0.4) is 0 Å². The van der Waals surface area contributed by atoms with E-state index < -0.39 is 31.4 Å². The largest absolute Gasteiger partial charge is 0.444 e. The molecule has 7 nitrogen and oxygen atoms in total. The van der Waals surface area contributed by atoms with Gasteiger partial charge in [0.2, 0.25) is 0 Å². The smallest absolute Gasteiger partial charge is 0.410 e. The maximum atomic E-state index is 11.8. The topological polar surface area (TPSA) is 97.8 Å². The predicted molar refractivity (Wildman–Crippen MR) is 101 cm³/mol. The van der Waals surface area contributed by atoms with Crippen LogP contribution in [-0.4, -0.2) is 68.0 Å². The zero-order valence-corrected chi connectivity index (χ0v) is 17.8. The Balaban J connectivity index is 0.000000206. The number of fused-ring (bicyclic) bond motifs is 4. The van der Waals surface area contributed by atoms with Crippen LogP contribution in [0.25, 0.3) is 0 Å². The fourth-order valence-electron chi connectivity index (χ4n) is 4.21. The molecule has 3 saturated heterocycles. The summed E-state index contributed by atoms with van der Waals surface area (Å²) in [4.78, 5) is 13.3. The quantitative estimate of drug-likeness (QED) is 0.582. The Bertz CT molecular complexity index is 758. The average molecular weight is 430 g/mol. The number of ether oxygens (including phenoxy) is 1. The highest BCUT2D eigenvalue weighted by Crippen LogP contribution is 2.39. The maximum absolute atomic E-state index is 11.8. The first-order valence-corrected chi connectivity index (χ1v) is 12.2. The van der Waals surface area contributed by atoms with E-state index in [0.717, 1.165) is 19.3 Å². The Hall–Kier alpha value is -0.540. The van der Waals surface area contributed by atoms with Crippen LogP contribution < -0.4 is 0 Å². The van der Waals surface area contributed by atoms with E-state index >= 15 is 0 Å². The summed E-state index contributed by atoms with van der Waals surface area (Å²) in [6.45, 7) is 5.70. The molecule has 3 aliphatic heterocycles. The summed E-state index contributed by atoms with van der Waals surface area (Å²) >= 11 is 0. The van der Waals surface area contributed by atoms with E-state index in [1.54, 1.807) is 25.7 Å². The van der Waals surface area contributed by atoms with E-state index in [2.05, 4.69) is 0 Å². The Morgan fingerprint density at radius 1 is 0.962 bits per heavy atom. The molecule has 4 bridgehead atoms. The molecule has 0 aromatic rings. The van der Waals surface area contributed by atoms with Gasteiger partial charge < -0.3 is 9.64 Å². The molecule has 1 saturated carbocycles. The molecular weight excluding hydrogens is 402 g/mol. The van der Waals surface area contributed by atoms with E-state index in [9.17, 15) is 21.6 Å². The van der Waals surface area contributed by atoms with Gasteiger partial charge >= 0.3 is 6.09 Å². The number of halogens is 1. The Labute approximate surface area is 162 Å². The molecule has 4 aliphatic rings. The molecule has 0 spiro atoms. The molecule has 4 fully saturated rings. The molecule has 152 valence electrons. The monoisotopic (exact) mass is 429 g/mol. The minimum Gasteiger partial charge on any atom is -0.444 e. The molecule has 4 rings (SSSR count). The van der Waals surface area contributed by atoms with Crippen LogP contribution >= 0.6 is 12.4 Å². The zero-order chi connectivity index (χ0) is 18.6. The maximum Gasteiger partial charge on any atom is 0.410 e. The van der Waals surface area contributed by atoms with E-state index in [0.29, 0.717) is 24.6 Å². The Morgan fingerprint density at radius 3 is 1.88 bits per heavy atom. The van der Waals surface area contributed by atoms with Gasteiger partial charge in [0.25, 0.3) is 0 Å². The third kappa shape index (κ3) is 4.47. The first-order valence-electron chi connectivity index (χ1n) is 8.80. The number of hydrogen-bond acceptors (Lipinski definition) is 6. The van der Waals surface area contributed by atoms with Gasteiger partial charge in [-0.2, -0.15) is 0 Å². The Kier molecular flexibility index (Phi) is 5.96. The van der Waals surface area contributed by atoms with Gasteiger partial charge in [0, 0.05) is 6.54 Å². The van der Waals surface area contributed by atoms with E-state index in [-0.39, 0.29) is 34.7 Å². The van der Waals surface area contributed by atoms with Gasteiger partial charge in [-0.15, -0.1) is 12.4 Å². The number of hydrogen-bond donors (Lipinski definition) is 0. The van der Waals surface area contributed by atoms with E-state index in [1.807, 2.05) is 0 Å². The van der Waals surface area contributed by atoms with Gasteiger partial charge in [-0.1, -0.05) is 0 Å². The summed E-state index contributed by atoms with van der Waals surface area (Å²) in [7, 11) is -5.53. The standard InChI is InChI=1S/C10H17NO4S.C6H10O2S.ClH/c1-10(2,3)15-9(12)11-5-8-4-7(11)6-16(8,13)14;7-9(8)4-5-1-2-6(9)3-5;/h7-8H,4-6H2,1-3H3;5-6H,1-4H2;1H/t7-,8-;5-,6+;/m00./s1. The molecule has 0 N–H and O–H groups in total. The lowest BCUT2D eigenvalue weighted by atomic mass is 10.1. The summed E-state index contributed by atoms with van der Waals surface area (Å²) in [6, 6.07) is -0.176. The molecule has 1 aliphatic carbocycles. The average Bonchev–Trinajstić information content (AvgIpc) is 3.13. The fraction of sp³-hybridized carbons (Fsp3) is 0.938. The van der Waals surface area contributed by atoms with E-state index in [4.69, 9.17) is 4.74 Å². The first kappa shape index (κ1) is 21.8. The summed E-state index contributed by atoms with van der Waals surface area (Å²) in [5, 5.41) is -0.312. The van der Waals surface area contributed by atoms with Crippen LogP contribution in [0.5, 0.6) is 0 Å². The highest BCUT2D eigenvalue weighted by molar-refractivity contribution is 7.92. The minimum atomic E-state index is -2.95. The second-order valence-electron chi connectivity index (χ2n) is 8.60. The molecule has 3 heterocycles. The number of nitrogens with zero attached hydrogens (tertiary/aromatic N) is 1. The fourth-order valence-corrected chi connectivity index (χ4v) is 8.53. The highest BCUT2D eigenvalue weighted by Gasteiger charge is 2.51.